The van der Waals surface area contributed by atoms with Crippen LogP contribution in [0.2, 0.25) is 0 Å². The summed E-state index contributed by atoms with van der Waals surface area (Å²) in [7, 11) is -1.54. The number of halogens is 2. The van der Waals surface area contributed by atoms with Crippen LogP contribution in [0.1, 0.15) is 5.69 Å². The van der Waals surface area contributed by atoms with Crippen LogP contribution in [-0.4, -0.2) is 74.2 Å². The molecule has 0 spiro atoms. The van der Waals surface area contributed by atoms with Crippen LogP contribution in [0.3, 0.4) is 0 Å². The Morgan fingerprint density at radius 3 is 2.43 bits per heavy atom. The van der Waals surface area contributed by atoms with Crippen LogP contribution in [0.25, 0.3) is 0 Å². The summed E-state index contributed by atoms with van der Waals surface area (Å²) in [6.45, 7) is 2.57. The monoisotopic (exact) mass is 443 g/mol. The second-order valence-corrected chi connectivity index (χ2v) is 9.52. The van der Waals surface area contributed by atoms with E-state index in [2.05, 4.69) is 10.3 Å². The van der Waals surface area contributed by atoms with Gasteiger partial charge in [0, 0.05) is 32.0 Å². The zero-order valence-electron chi connectivity index (χ0n) is 16.7. The molecule has 0 saturated carbocycles. The van der Waals surface area contributed by atoms with Gasteiger partial charge in [-0.25, -0.2) is 21.9 Å². The smallest absolute Gasteiger partial charge is 0.293 e. The van der Waals surface area contributed by atoms with Crippen LogP contribution in [-0.2, 0) is 25.9 Å². The van der Waals surface area contributed by atoms with Gasteiger partial charge in [0.25, 0.3) is 6.47 Å². The van der Waals surface area contributed by atoms with E-state index in [0.29, 0.717) is 12.2 Å². The highest BCUT2D eigenvalue weighted by atomic mass is 32.2. The van der Waals surface area contributed by atoms with E-state index in [1.54, 1.807) is 25.1 Å². The number of carbonyl (C=O) groups is 1. The van der Waals surface area contributed by atoms with Crippen molar-refractivity contribution in [2.24, 2.45) is 0 Å². The number of hydrogen-bond donors (Lipinski definition) is 0. The van der Waals surface area contributed by atoms with E-state index in [-0.39, 0.29) is 49.1 Å². The first kappa shape index (κ1) is 21.9. The van der Waals surface area contributed by atoms with Crippen molar-refractivity contribution in [3.63, 3.8) is 0 Å². The molecule has 1 unspecified atom stereocenters. The predicted molar refractivity (Wildman–Crippen MR) is 106 cm³/mol. The number of hydrogen-bond acceptors (Lipinski definition) is 8. The third kappa shape index (κ3) is 5.23. The molecule has 0 bridgehead atoms. The lowest BCUT2D eigenvalue weighted by Gasteiger charge is -2.30. The van der Waals surface area contributed by atoms with Crippen molar-refractivity contribution in [2.75, 3.05) is 48.0 Å². The Balaban J connectivity index is 1.73. The molecular formula is C18H23F2N5O4S. The Hall–Kier alpha value is -2.76. The Kier molecular flexibility index (Phi) is 6.54. The summed E-state index contributed by atoms with van der Waals surface area (Å²) in [6, 6.07) is 2.36. The second kappa shape index (κ2) is 8.94. The average Bonchev–Trinajstić information content (AvgIpc) is 3.07. The maximum Gasteiger partial charge on any atom is 0.293 e. The standard InChI is InChI=1S/C18H23F2N5O4S/c1-13-9-25(22-21-13)11-15(29-12-26)10-23(2)14-7-16(19)18(17(20)8-14)24-3-5-30(27,28)6-4-24/h7-9,12,15H,3-6,10-11H2,1-2H3. The fraction of sp³-hybridized carbons (Fsp3) is 0.500. The summed E-state index contributed by atoms with van der Waals surface area (Å²) in [5.74, 6) is -1.84. The van der Waals surface area contributed by atoms with Crippen LogP contribution in [0.15, 0.2) is 18.3 Å². The molecule has 0 amide bonds. The van der Waals surface area contributed by atoms with Gasteiger partial charge in [-0.05, 0) is 19.1 Å². The molecule has 1 saturated heterocycles. The Morgan fingerprint density at radius 1 is 1.27 bits per heavy atom. The lowest BCUT2D eigenvalue weighted by atomic mass is 10.2. The minimum Gasteiger partial charge on any atom is -0.461 e. The van der Waals surface area contributed by atoms with E-state index in [1.165, 1.54) is 21.7 Å². The van der Waals surface area contributed by atoms with Gasteiger partial charge in [0.15, 0.2) is 21.5 Å². The molecule has 1 aliphatic rings. The number of likely N-dealkylation sites (N-methyl/N-ethyl adjacent to an activating group) is 1. The molecule has 2 aromatic rings. The molecule has 2 heterocycles. The zero-order chi connectivity index (χ0) is 21.9. The average molecular weight is 443 g/mol. The molecule has 0 N–H and O–H groups in total. The summed E-state index contributed by atoms with van der Waals surface area (Å²) in [5, 5.41) is 7.77. The third-order valence-electron chi connectivity index (χ3n) is 4.87. The number of carbonyl (C=O) groups excluding carboxylic acids is 1. The molecule has 0 radical (unpaired) electrons. The maximum absolute atomic E-state index is 14.7. The topological polar surface area (TPSA) is 97.6 Å². The van der Waals surface area contributed by atoms with Crippen molar-refractivity contribution in [1.82, 2.24) is 15.0 Å². The van der Waals surface area contributed by atoms with Crippen molar-refractivity contribution < 1.29 is 26.7 Å². The number of ether oxygens (including phenoxy) is 1. The van der Waals surface area contributed by atoms with E-state index < -0.39 is 27.6 Å². The number of rotatable bonds is 8. The molecule has 12 heteroatoms. The Bertz CT molecular complexity index is 977. The predicted octanol–water partition coefficient (Wildman–Crippen LogP) is 0.778. The lowest BCUT2D eigenvalue weighted by Crippen LogP contribution is -2.41. The number of nitrogens with zero attached hydrogens (tertiary/aromatic N) is 5. The Morgan fingerprint density at radius 2 is 1.90 bits per heavy atom. The molecule has 0 aliphatic carbocycles. The van der Waals surface area contributed by atoms with E-state index >= 15 is 0 Å². The largest absolute Gasteiger partial charge is 0.461 e. The van der Waals surface area contributed by atoms with Crippen molar-refractivity contribution in [2.45, 2.75) is 19.6 Å². The summed E-state index contributed by atoms with van der Waals surface area (Å²) < 4.78 is 59.2. The SMILES string of the molecule is Cc1cn(CC(CN(C)c2cc(F)c(N3CCS(=O)(=O)CC3)c(F)c2)OC=O)nn1. The van der Waals surface area contributed by atoms with Gasteiger partial charge >= 0.3 is 0 Å². The van der Waals surface area contributed by atoms with Gasteiger partial charge < -0.3 is 14.5 Å². The molecule has 9 nitrogen and oxygen atoms in total. The molecule has 30 heavy (non-hydrogen) atoms. The minimum atomic E-state index is -3.16. The van der Waals surface area contributed by atoms with Crippen LogP contribution in [0.4, 0.5) is 20.2 Å². The molecule has 1 aromatic carbocycles. The fourth-order valence-electron chi connectivity index (χ4n) is 3.34. The number of aromatic nitrogens is 3. The molecule has 1 aliphatic heterocycles. The van der Waals surface area contributed by atoms with Crippen LogP contribution in [0, 0.1) is 18.6 Å². The quantitative estimate of drug-likeness (QED) is 0.552. The van der Waals surface area contributed by atoms with Crippen molar-refractivity contribution in [3.05, 3.63) is 35.7 Å². The Labute approximate surface area is 173 Å². The van der Waals surface area contributed by atoms with E-state index in [4.69, 9.17) is 4.74 Å². The van der Waals surface area contributed by atoms with E-state index in [0.717, 1.165) is 0 Å². The first-order valence-corrected chi connectivity index (χ1v) is 11.1. The van der Waals surface area contributed by atoms with Crippen LogP contribution >= 0.6 is 0 Å². The number of anilines is 2. The van der Waals surface area contributed by atoms with Crippen molar-refractivity contribution >= 4 is 27.7 Å². The van der Waals surface area contributed by atoms with Crippen molar-refractivity contribution in [1.29, 1.82) is 0 Å². The maximum atomic E-state index is 14.7. The fourth-order valence-corrected chi connectivity index (χ4v) is 4.54. The minimum absolute atomic E-state index is 0.0396. The summed E-state index contributed by atoms with van der Waals surface area (Å²) in [4.78, 5) is 13.8. The van der Waals surface area contributed by atoms with Gasteiger partial charge in [-0.15, -0.1) is 5.10 Å². The normalized spacial score (nSPS) is 16.9. The van der Waals surface area contributed by atoms with Gasteiger partial charge in [-0.2, -0.15) is 0 Å². The van der Waals surface area contributed by atoms with Gasteiger partial charge in [0.1, 0.15) is 11.8 Å². The summed E-state index contributed by atoms with van der Waals surface area (Å²) in [5.41, 5.74) is 0.729. The number of aryl methyl sites for hydroxylation is 1. The highest BCUT2D eigenvalue weighted by Crippen LogP contribution is 2.29. The van der Waals surface area contributed by atoms with Crippen molar-refractivity contribution in [3.8, 4) is 0 Å². The summed E-state index contributed by atoms with van der Waals surface area (Å²) in [6.07, 6.45) is 1.07. The van der Waals surface area contributed by atoms with Gasteiger partial charge in [-0.3, -0.25) is 4.79 Å². The number of sulfone groups is 1. The van der Waals surface area contributed by atoms with Gasteiger partial charge in [-0.1, -0.05) is 5.21 Å². The van der Waals surface area contributed by atoms with Gasteiger partial charge in [0.2, 0.25) is 0 Å². The zero-order valence-corrected chi connectivity index (χ0v) is 17.5. The van der Waals surface area contributed by atoms with Crippen LogP contribution in [0.5, 0.6) is 0 Å². The molecule has 1 atom stereocenters. The summed E-state index contributed by atoms with van der Waals surface area (Å²) >= 11 is 0. The lowest BCUT2D eigenvalue weighted by molar-refractivity contribution is -0.133. The van der Waals surface area contributed by atoms with Gasteiger partial charge in [0.05, 0.1) is 30.3 Å². The molecule has 1 aromatic heterocycles. The first-order chi connectivity index (χ1) is 14.2. The molecular weight excluding hydrogens is 420 g/mol. The number of benzene rings is 1. The first-order valence-electron chi connectivity index (χ1n) is 9.30. The highest BCUT2D eigenvalue weighted by Gasteiger charge is 2.27. The molecule has 1 fully saturated rings. The highest BCUT2D eigenvalue weighted by molar-refractivity contribution is 7.91. The van der Waals surface area contributed by atoms with E-state index in [1.807, 2.05) is 0 Å². The third-order valence-corrected chi connectivity index (χ3v) is 6.48. The van der Waals surface area contributed by atoms with E-state index in [9.17, 15) is 22.0 Å². The molecule has 164 valence electrons. The van der Waals surface area contributed by atoms with Crippen LogP contribution < -0.4 is 9.80 Å². The molecule has 3 rings (SSSR count). The second-order valence-electron chi connectivity index (χ2n) is 7.21.